The largest absolute Gasteiger partial charge is 0.309 e. The van der Waals surface area contributed by atoms with Crippen LogP contribution in [0.15, 0.2) is 36.5 Å². The summed E-state index contributed by atoms with van der Waals surface area (Å²) in [6, 6.07) is 11.0. The Hall–Kier alpha value is -1.74. The van der Waals surface area contributed by atoms with Gasteiger partial charge in [-0.25, -0.2) is 9.97 Å². The summed E-state index contributed by atoms with van der Waals surface area (Å²) in [5, 5.41) is 3.37. The number of benzene rings is 1. The average molecular weight is 255 g/mol. The van der Waals surface area contributed by atoms with Gasteiger partial charge in [-0.15, -0.1) is 0 Å². The molecule has 0 fully saturated rings. The Morgan fingerprint density at radius 3 is 2.53 bits per heavy atom. The van der Waals surface area contributed by atoms with E-state index in [9.17, 15) is 0 Å². The molecule has 1 heterocycles. The molecular formula is C16H21N3. The summed E-state index contributed by atoms with van der Waals surface area (Å²) in [4.78, 5) is 8.93. The van der Waals surface area contributed by atoms with Crippen molar-refractivity contribution in [2.75, 3.05) is 0 Å². The first kappa shape index (κ1) is 13.7. The van der Waals surface area contributed by atoms with Crippen molar-refractivity contribution < 1.29 is 0 Å². The Morgan fingerprint density at radius 2 is 1.84 bits per heavy atom. The van der Waals surface area contributed by atoms with Gasteiger partial charge in [0.2, 0.25) is 0 Å². The molecule has 3 heteroatoms. The third-order valence-electron chi connectivity index (χ3n) is 2.94. The maximum Gasteiger partial charge on any atom is 0.132 e. The molecule has 3 nitrogen and oxygen atoms in total. The maximum absolute atomic E-state index is 4.59. The lowest BCUT2D eigenvalue weighted by Gasteiger charge is -2.08. The number of rotatable bonds is 5. The molecule has 1 aromatic carbocycles. The van der Waals surface area contributed by atoms with Crippen molar-refractivity contribution in [2.45, 2.75) is 39.8 Å². The fourth-order valence-electron chi connectivity index (χ4n) is 1.82. The molecule has 0 saturated heterocycles. The monoisotopic (exact) mass is 255 g/mol. The Labute approximate surface area is 115 Å². The lowest BCUT2D eigenvalue weighted by Crippen LogP contribution is -2.22. The fourth-order valence-corrected chi connectivity index (χ4v) is 1.82. The van der Waals surface area contributed by atoms with Gasteiger partial charge in [0.25, 0.3) is 0 Å². The third-order valence-corrected chi connectivity index (χ3v) is 2.94. The van der Waals surface area contributed by atoms with Gasteiger partial charge in [0.15, 0.2) is 0 Å². The van der Waals surface area contributed by atoms with Gasteiger partial charge in [-0.1, -0.05) is 43.7 Å². The van der Waals surface area contributed by atoms with Gasteiger partial charge in [-0.3, -0.25) is 0 Å². The van der Waals surface area contributed by atoms with Crippen LogP contribution in [0.25, 0.3) is 0 Å². The van der Waals surface area contributed by atoms with Crippen LogP contribution in [-0.4, -0.2) is 16.0 Å². The summed E-state index contributed by atoms with van der Waals surface area (Å²) in [7, 11) is 0. The van der Waals surface area contributed by atoms with E-state index in [2.05, 4.69) is 60.3 Å². The van der Waals surface area contributed by atoms with Crippen LogP contribution in [0.1, 0.15) is 36.5 Å². The zero-order valence-corrected chi connectivity index (χ0v) is 11.9. The normalized spacial score (nSPS) is 10.9. The quantitative estimate of drug-likeness (QED) is 0.892. The molecule has 1 aromatic heterocycles. The molecule has 0 radical (unpaired) electrons. The Kier molecular flexibility index (Phi) is 4.63. The highest BCUT2D eigenvalue weighted by molar-refractivity contribution is 5.24. The van der Waals surface area contributed by atoms with E-state index >= 15 is 0 Å². The van der Waals surface area contributed by atoms with Crippen molar-refractivity contribution in [3.8, 4) is 0 Å². The van der Waals surface area contributed by atoms with Gasteiger partial charge in [-0.2, -0.15) is 0 Å². The summed E-state index contributed by atoms with van der Waals surface area (Å²) >= 11 is 0. The highest BCUT2D eigenvalue weighted by atomic mass is 14.9. The predicted molar refractivity (Wildman–Crippen MR) is 78.0 cm³/mol. The average Bonchev–Trinajstić information content (AvgIpc) is 2.40. The van der Waals surface area contributed by atoms with Crippen LogP contribution in [-0.2, 0) is 13.0 Å². The summed E-state index contributed by atoms with van der Waals surface area (Å²) in [5.41, 5.74) is 3.57. The number of nitrogens with zero attached hydrogens (tertiary/aromatic N) is 2. The third kappa shape index (κ3) is 4.45. The molecule has 0 aliphatic carbocycles. The smallest absolute Gasteiger partial charge is 0.132 e. The van der Waals surface area contributed by atoms with Crippen molar-refractivity contribution >= 4 is 0 Å². The number of nitrogens with one attached hydrogen (secondary N) is 1. The number of hydrogen-bond donors (Lipinski definition) is 1. The van der Waals surface area contributed by atoms with Gasteiger partial charge in [0.05, 0.1) is 5.69 Å². The molecule has 0 aliphatic rings. The molecule has 0 amide bonds. The van der Waals surface area contributed by atoms with Crippen molar-refractivity contribution in [1.82, 2.24) is 15.3 Å². The van der Waals surface area contributed by atoms with Crippen LogP contribution < -0.4 is 5.32 Å². The van der Waals surface area contributed by atoms with Crippen LogP contribution in [0.2, 0.25) is 0 Å². The van der Waals surface area contributed by atoms with Crippen LogP contribution in [0.4, 0.5) is 0 Å². The molecule has 100 valence electrons. The highest BCUT2D eigenvalue weighted by Gasteiger charge is 2.02. The number of aryl methyl sites for hydroxylation is 1. The van der Waals surface area contributed by atoms with Crippen LogP contribution in [0.5, 0.6) is 0 Å². The lowest BCUT2D eigenvalue weighted by atomic mass is 10.1. The zero-order chi connectivity index (χ0) is 13.7. The van der Waals surface area contributed by atoms with Crippen molar-refractivity contribution in [2.24, 2.45) is 0 Å². The van der Waals surface area contributed by atoms with E-state index in [1.165, 1.54) is 11.1 Å². The van der Waals surface area contributed by atoms with Crippen LogP contribution >= 0.6 is 0 Å². The number of hydrogen-bond acceptors (Lipinski definition) is 3. The Balaban J connectivity index is 2.04. The Bertz CT molecular complexity index is 518. The standard InChI is InChI=1S/C16H21N3/c1-12(2)18-11-15-8-9-17-16(19-15)10-14-6-4-13(3)5-7-14/h4-9,12,18H,10-11H2,1-3H3. The molecule has 0 saturated carbocycles. The van der Waals surface area contributed by atoms with Crippen molar-refractivity contribution in [3.63, 3.8) is 0 Å². The molecule has 0 atom stereocenters. The second-order valence-corrected chi connectivity index (χ2v) is 5.16. The van der Waals surface area contributed by atoms with Crippen LogP contribution in [0.3, 0.4) is 0 Å². The summed E-state index contributed by atoms with van der Waals surface area (Å²) < 4.78 is 0. The topological polar surface area (TPSA) is 37.8 Å². The van der Waals surface area contributed by atoms with Gasteiger partial charge in [0, 0.05) is 25.2 Å². The minimum absolute atomic E-state index is 0.468. The van der Waals surface area contributed by atoms with Gasteiger partial charge in [-0.05, 0) is 18.6 Å². The second-order valence-electron chi connectivity index (χ2n) is 5.16. The second kappa shape index (κ2) is 6.43. The lowest BCUT2D eigenvalue weighted by molar-refractivity contribution is 0.579. The van der Waals surface area contributed by atoms with Gasteiger partial charge >= 0.3 is 0 Å². The SMILES string of the molecule is Cc1ccc(Cc2nccc(CNC(C)C)n2)cc1. The van der Waals surface area contributed by atoms with Crippen molar-refractivity contribution in [3.05, 3.63) is 59.2 Å². The first-order valence-corrected chi connectivity index (χ1v) is 6.73. The Morgan fingerprint density at radius 1 is 1.11 bits per heavy atom. The van der Waals surface area contributed by atoms with Gasteiger partial charge < -0.3 is 5.32 Å². The molecule has 2 aromatic rings. The molecule has 1 N–H and O–H groups in total. The van der Waals surface area contributed by atoms with E-state index in [4.69, 9.17) is 0 Å². The molecule has 0 spiro atoms. The first-order valence-electron chi connectivity index (χ1n) is 6.73. The van der Waals surface area contributed by atoms with Gasteiger partial charge in [0.1, 0.15) is 5.82 Å². The number of aromatic nitrogens is 2. The first-order chi connectivity index (χ1) is 9.13. The van der Waals surface area contributed by atoms with E-state index in [-0.39, 0.29) is 0 Å². The summed E-state index contributed by atoms with van der Waals surface area (Å²) in [5.74, 6) is 0.881. The molecule has 2 rings (SSSR count). The summed E-state index contributed by atoms with van der Waals surface area (Å²) in [6.45, 7) is 7.16. The minimum atomic E-state index is 0.468. The molecule has 0 aliphatic heterocycles. The predicted octanol–water partition coefficient (Wildman–Crippen LogP) is 2.87. The molecule has 0 bridgehead atoms. The van der Waals surface area contributed by atoms with E-state index in [0.29, 0.717) is 6.04 Å². The van der Waals surface area contributed by atoms with E-state index < -0.39 is 0 Å². The molecular weight excluding hydrogens is 234 g/mol. The zero-order valence-electron chi connectivity index (χ0n) is 11.9. The van der Waals surface area contributed by atoms with Crippen molar-refractivity contribution in [1.29, 1.82) is 0 Å². The van der Waals surface area contributed by atoms with E-state index in [0.717, 1.165) is 24.5 Å². The molecule has 19 heavy (non-hydrogen) atoms. The van der Waals surface area contributed by atoms with E-state index in [1.807, 2.05) is 12.3 Å². The van der Waals surface area contributed by atoms with Crippen LogP contribution in [0, 0.1) is 6.92 Å². The molecule has 0 unspecified atom stereocenters. The summed E-state index contributed by atoms with van der Waals surface area (Å²) in [6.07, 6.45) is 2.63. The maximum atomic E-state index is 4.59. The minimum Gasteiger partial charge on any atom is -0.309 e. The highest BCUT2D eigenvalue weighted by Crippen LogP contribution is 2.08. The van der Waals surface area contributed by atoms with E-state index in [1.54, 1.807) is 0 Å². The fraction of sp³-hybridized carbons (Fsp3) is 0.375.